The van der Waals surface area contributed by atoms with E-state index < -0.39 is 0 Å². The van der Waals surface area contributed by atoms with Gasteiger partial charge in [0.15, 0.2) is 0 Å². The molecule has 3 nitrogen and oxygen atoms in total. The van der Waals surface area contributed by atoms with Gasteiger partial charge in [0.2, 0.25) is 5.91 Å². The summed E-state index contributed by atoms with van der Waals surface area (Å²) >= 11 is 0. The van der Waals surface area contributed by atoms with E-state index in [1.165, 1.54) is 5.56 Å². The monoisotopic (exact) mass is 233 g/mol. The molecule has 1 unspecified atom stereocenters. The van der Waals surface area contributed by atoms with Crippen LogP contribution in [0.2, 0.25) is 0 Å². The molecule has 0 aromatic heterocycles. The second kappa shape index (κ2) is 5.32. The summed E-state index contributed by atoms with van der Waals surface area (Å²) < 4.78 is 0. The number of hydrogen-bond acceptors (Lipinski definition) is 2. The Morgan fingerprint density at radius 2 is 2.12 bits per heavy atom. The van der Waals surface area contributed by atoms with Gasteiger partial charge >= 0.3 is 0 Å². The molecule has 2 rings (SSSR count). The number of fused-ring (bicyclic) bond motifs is 1. The van der Waals surface area contributed by atoms with Gasteiger partial charge in [-0.2, -0.15) is 0 Å². The van der Waals surface area contributed by atoms with E-state index in [9.17, 15) is 4.79 Å². The van der Waals surface area contributed by atoms with Crippen LogP contribution in [0.4, 0.5) is 5.69 Å². The van der Waals surface area contributed by atoms with Crippen LogP contribution in [0.15, 0.2) is 24.3 Å². The summed E-state index contributed by atoms with van der Waals surface area (Å²) in [7, 11) is 0. The molecule has 0 saturated carbocycles. The number of carbonyl (C=O) groups excluding carboxylic acids is 1. The van der Waals surface area contributed by atoms with E-state index in [-0.39, 0.29) is 18.4 Å². The average Bonchev–Trinajstić information content (AvgIpc) is 2.50. The largest absolute Gasteiger partial charge is 0.396 e. The van der Waals surface area contributed by atoms with Crippen molar-refractivity contribution in [3.8, 4) is 0 Å². The van der Waals surface area contributed by atoms with E-state index >= 15 is 0 Å². The SMILES string of the molecule is CC(CO)CN1C(=O)CCCc2ccccc21. The maximum Gasteiger partial charge on any atom is 0.227 e. The zero-order valence-electron chi connectivity index (χ0n) is 10.2. The van der Waals surface area contributed by atoms with Crippen molar-refractivity contribution in [2.24, 2.45) is 5.92 Å². The number of benzene rings is 1. The third kappa shape index (κ3) is 2.67. The minimum Gasteiger partial charge on any atom is -0.396 e. The highest BCUT2D eigenvalue weighted by Crippen LogP contribution is 2.27. The number of amides is 1. The summed E-state index contributed by atoms with van der Waals surface area (Å²) in [6.07, 6.45) is 2.48. The third-order valence-electron chi connectivity index (χ3n) is 3.23. The molecule has 0 saturated heterocycles. The molecule has 0 fully saturated rings. The van der Waals surface area contributed by atoms with Gasteiger partial charge in [-0.25, -0.2) is 0 Å². The summed E-state index contributed by atoms with van der Waals surface area (Å²) in [6.45, 7) is 2.68. The molecule has 3 heteroatoms. The lowest BCUT2D eigenvalue weighted by molar-refractivity contribution is -0.118. The smallest absolute Gasteiger partial charge is 0.227 e. The number of aryl methyl sites for hydroxylation is 1. The van der Waals surface area contributed by atoms with Crippen LogP contribution in [0.25, 0.3) is 0 Å². The zero-order valence-corrected chi connectivity index (χ0v) is 10.2. The van der Waals surface area contributed by atoms with E-state index in [4.69, 9.17) is 5.11 Å². The van der Waals surface area contributed by atoms with Gasteiger partial charge in [-0.3, -0.25) is 4.79 Å². The predicted molar refractivity (Wildman–Crippen MR) is 68.0 cm³/mol. The Bertz CT molecular complexity index is 403. The van der Waals surface area contributed by atoms with E-state index in [0.717, 1.165) is 18.5 Å². The van der Waals surface area contributed by atoms with Crippen LogP contribution in [0.5, 0.6) is 0 Å². The molecule has 1 aliphatic rings. The highest BCUT2D eigenvalue weighted by molar-refractivity contribution is 5.94. The number of para-hydroxylation sites is 1. The van der Waals surface area contributed by atoms with Gasteiger partial charge in [-0.15, -0.1) is 0 Å². The molecular weight excluding hydrogens is 214 g/mol. The molecule has 0 bridgehead atoms. The zero-order chi connectivity index (χ0) is 12.3. The Hall–Kier alpha value is -1.35. The minimum atomic E-state index is 0.116. The first-order valence-electron chi connectivity index (χ1n) is 6.21. The highest BCUT2D eigenvalue weighted by atomic mass is 16.3. The van der Waals surface area contributed by atoms with Crippen LogP contribution in [-0.2, 0) is 11.2 Å². The maximum atomic E-state index is 12.1. The Kier molecular flexibility index (Phi) is 3.79. The molecule has 1 amide bonds. The van der Waals surface area contributed by atoms with Crippen molar-refractivity contribution < 1.29 is 9.90 Å². The van der Waals surface area contributed by atoms with Gasteiger partial charge < -0.3 is 10.0 Å². The number of hydrogen-bond donors (Lipinski definition) is 1. The predicted octanol–water partition coefficient (Wildman–Crippen LogP) is 1.98. The summed E-state index contributed by atoms with van der Waals surface area (Å²) in [5.74, 6) is 0.292. The van der Waals surface area contributed by atoms with Gasteiger partial charge in [0.25, 0.3) is 0 Å². The Morgan fingerprint density at radius 1 is 1.35 bits per heavy atom. The first-order valence-corrected chi connectivity index (χ1v) is 6.21. The second-order valence-electron chi connectivity index (χ2n) is 4.77. The Balaban J connectivity index is 2.30. The lowest BCUT2D eigenvalue weighted by atomic mass is 10.1. The number of carbonyl (C=O) groups is 1. The van der Waals surface area contributed by atoms with Crippen molar-refractivity contribution in [2.75, 3.05) is 18.1 Å². The molecule has 1 atom stereocenters. The van der Waals surface area contributed by atoms with Gasteiger partial charge in [-0.1, -0.05) is 25.1 Å². The molecule has 1 heterocycles. The number of anilines is 1. The van der Waals surface area contributed by atoms with Gasteiger partial charge in [-0.05, 0) is 30.4 Å². The van der Waals surface area contributed by atoms with Gasteiger partial charge in [0.05, 0.1) is 0 Å². The molecule has 1 aromatic rings. The van der Waals surface area contributed by atoms with E-state index in [2.05, 4.69) is 6.07 Å². The Labute approximate surface area is 102 Å². The summed E-state index contributed by atoms with van der Waals surface area (Å²) in [5.41, 5.74) is 2.26. The number of aliphatic hydroxyl groups is 1. The van der Waals surface area contributed by atoms with Crippen molar-refractivity contribution in [3.63, 3.8) is 0 Å². The molecular formula is C14H19NO2. The van der Waals surface area contributed by atoms with Crippen LogP contribution in [-0.4, -0.2) is 24.2 Å². The summed E-state index contributed by atoms with van der Waals surface area (Å²) in [4.78, 5) is 13.9. The van der Waals surface area contributed by atoms with E-state index in [0.29, 0.717) is 13.0 Å². The van der Waals surface area contributed by atoms with Crippen molar-refractivity contribution in [2.45, 2.75) is 26.2 Å². The Morgan fingerprint density at radius 3 is 2.88 bits per heavy atom. The van der Waals surface area contributed by atoms with Crippen molar-refractivity contribution >= 4 is 11.6 Å². The van der Waals surface area contributed by atoms with E-state index in [1.54, 1.807) is 0 Å². The molecule has 0 radical (unpaired) electrons. The molecule has 1 aliphatic heterocycles. The topological polar surface area (TPSA) is 40.5 Å². The van der Waals surface area contributed by atoms with Crippen LogP contribution >= 0.6 is 0 Å². The van der Waals surface area contributed by atoms with Crippen molar-refractivity contribution in [3.05, 3.63) is 29.8 Å². The number of nitrogens with zero attached hydrogens (tertiary/aromatic N) is 1. The fourth-order valence-corrected chi connectivity index (χ4v) is 2.25. The van der Waals surface area contributed by atoms with Crippen LogP contribution in [0.3, 0.4) is 0 Å². The van der Waals surface area contributed by atoms with Crippen LogP contribution in [0.1, 0.15) is 25.3 Å². The lowest BCUT2D eigenvalue weighted by Gasteiger charge is -2.25. The molecule has 0 spiro atoms. The first-order chi connectivity index (χ1) is 8.22. The molecule has 1 N–H and O–H groups in total. The minimum absolute atomic E-state index is 0.116. The highest BCUT2D eigenvalue weighted by Gasteiger charge is 2.22. The average molecular weight is 233 g/mol. The van der Waals surface area contributed by atoms with Crippen LogP contribution < -0.4 is 4.90 Å². The maximum absolute atomic E-state index is 12.1. The van der Waals surface area contributed by atoms with Crippen molar-refractivity contribution in [1.82, 2.24) is 0 Å². The van der Waals surface area contributed by atoms with Gasteiger partial charge in [0.1, 0.15) is 0 Å². The molecule has 0 aliphatic carbocycles. The number of aliphatic hydroxyl groups excluding tert-OH is 1. The van der Waals surface area contributed by atoms with Crippen molar-refractivity contribution in [1.29, 1.82) is 0 Å². The standard InChI is InChI=1S/C14H19NO2/c1-11(10-16)9-15-13-7-3-2-5-12(13)6-4-8-14(15)17/h2-3,5,7,11,16H,4,6,8-10H2,1H3. The molecule has 92 valence electrons. The fourth-order valence-electron chi connectivity index (χ4n) is 2.25. The number of rotatable bonds is 3. The summed E-state index contributed by atoms with van der Waals surface area (Å²) in [6, 6.07) is 8.07. The lowest BCUT2D eigenvalue weighted by Crippen LogP contribution is -2.35. The normalized spacial score (nSPS) is 17.5. The fraction of sp³-hybridized carbons (Fsp3) is 0.500. The van der Waals surface area contributed by atoms with Gasteiger partial charge in [0, 0.05) is 25.3 Å². The summed E-state index contributed by atoms with van der Waals surface area (Å²) in [5, 5.41) is 9.13. The quantitative estimate of drug-likeness (QED) is 0.867. The van der Waals surface area contributed by atoms with E-state index in [1.807, 2.05) is 30.0 Å². The molecule has 17 heavy (non-hydrogen) atoms. The van der Waals surface area contributed by atoms with Crippen LogP contribution in [0, 0.1) is 5.92 Å². The molecule has 1 aromatic carbocycles. The second-order valence-corrected chi connectivity index (χ2v) is 4.77. The first kappa shape index (κ1) is 12.1. The third-order valence-corrected chi connectivity index (χ3v) is 3.23.